The largest absolute Gasteiger partial charge is 0.380 e. The maximum Gasteiger partial charge on any atom is 0.380 e. The Morgan fingerprint density at radius 1 is 0.615 bits per heavy atom. The molecule has 0 atom stereocenters. The molecular weight excluding hydrogens is 191 g/mol. The van der Waals surface area contributed by atoms with Crippen molar-refractivity contribution >= 4 is 8.17 Å². The highest BCUT2D eigenvalue weighted by Crippen LogP contribution is 2.62. The molecule has 0 aliphatic carbocycles. The van der Waals surface area contributed by atoms with Crippen LogP contribution < -0.4 is 0 Å². The van der Waals surface area contributed by atoms with Crippen molar-refractivity contribution in [1.29, 1.82) is 0 Å². The van der Waals surface area contributed by atoms with Crippen molar-refractivity contribution in [3.05, 3.63) is 0 Å². The highest BCUT2D eigenvalue weighted by molar-refractivity contribution is 7.56. The summed E-state index contributed by atoms with van der Waals surface area (Å²) in [6.45, 7) is 9.72. The minimum atomic E-state index is -2.50. The van der Waals surface area contributed by atoms with Crippen LogP contribution >= 0.6 is 8.17 Å². The van der Waals surface area contributed by atoms with Crippen LogP contribution in [0.5, 0.6) is 0 Å². The Hall–Kier alpha value is 0.270. The van der Waals surface area contributed by atoms with E-state index in [9.17, 15) is 0 Å². The lowest BCUT2D eigenvalue weighted by Crippen LogP contribution is -2.10. The molecule has 5 heteroatoms. The van der Waals surface area contributed by atoms with Gasteiger partial charge in [0.25, 0.3) is 0 Å². The van der Waals surface area contributed by atoms with Gasteiger partial charge in [-0.3, -0.25) is 18.1 Å². The maximum absolute atomic E-state index is 5.40. The minimum absolute atomic E-state index is 0.535. The lowest BCUT2D eigenvalue weighted by atomic mass is 10.9. The van der Waals surface area contributed by atoms with Gasteiger partial charge in [0.15, 0.2) is 0 Å². The highest BCUT2D eigenvalue weighted by Gasteiger charge is 2.32. The summed E-state index contributed by atoms with van der Waals surface area (Å²) in [6, 6.07) is 0. The van der Waals surface area contributed by atoms with Crippen LogP contribution in [0.4, 0.5) is 0 Å². The van der Waals surface area contributed by atoms with Gasteiger partial charge in [0.2, 0.25) is 0 Å². The molecule has 13 heavy (non-hydrogen) atoms. The predicted molar refractivity (Wildman–Crippen MR) is 53.4 cm³/mol. The zero-order chi connectivity index (χ0) is 10.2. The van der Waals surface area contributed by atoms with E-state index in [0.29, 0.717) is 26.4 Å². The molecule has 0 fully saturated rings. The van der Waals surface area contributed by atoms with Gasteiger partial charge in [-0.15, -0.1) is 0 Å². The first kappa shape index (κ1) is 13.3. The average molecular weight is 211 g/mol. The van der Waals surface area contributed by atoms with Crippen LogP contribution in [0, 0.1) is 0 Å². The molecule has 0 aliphatic heterocycles. The van der Waals surface area contributed by atoms with Crippen LogP contribution in [0.25, 0.3) is 0 Å². The molecule has 0 N–H and O–H groups in total. The SMILES string of the molecule is CCO[P](OCC)(OCC)OCC. The van der Waals surface area contributed by atoms with E-state index in [1.165, 1.54) is 0 Å². The Balaban J connectivity index is 4.19. The zero-order valence-electron chi connectivity index (χ0n) is 8.91. The molecule has 1 radical (unpaired) electrons. The molecule has 0 saturated carbocycles. The van der Waals surface area contributed by atoms with Gasteiger partial charge in [-0.05, 0) is 27.7 Å². The second-order valence-electron chi connectivity index (χ2n) is 2.12. The molecule has 0 bridgehead atoms. The normalized spacial score (nSPS) is 12.0. The monoisotopic (exact) mass is 211 g/mol. The van der Waals surface area contributed by atoms with E-state index in [1.807, 2.05) is 27.7 Å². The fourth-order valence-electron chi connectivity index (χ4n) is 0.856. The predicted octanol–water partition coefficient (Wildman–Crippen LogP) is 2.81. The Kier molecular flexibility index (Phi) is 7.81. The molecule has 4 nitrogen and oxygen atoms in total. The van der Waals surface area contributed by atoms with E-state index in [2.05, 4.69) is 0 Å². The molecule has 0 spiro atoms. The fourth-order valence-corrected chi connectivity index (χ4v) is 2.57. The molecular formula is C8H20O4P. The summed E-state index contributed by atoms with van der Waals surface area (Å²) in [5.41, 5.74) is 0. The molecule has 0 unspecified atom stereocenters. The van der Waals surface area contributed by atoms with Gasteiger partial charge in [-0.2, -0.15) is 0 Å². The first-order valence-electron chi connectivity index (χ1n) is 4.71. The number of rotatable bonds is 8. The van der Waals surface area contributed by atoms with Gasteiger partial charge in [0.1, 0.15) is 0 Å². The smallest absolute Gasteiger partial charge is 0.299 e. The standard InChI is InChI=1S/C8H20O4P/c1-5-9-13(10-6-2,11-7-3)12-8-4/h5-8H2,1-4H3. The van der Waals surface area contributed by atoms with Crippen LogP contribution in [0.15, 0.2) is 0 Å². The lowest BCUT2D eigenvalue weighted by Gasteiger charge is -2.31. The molecule has 0 saturated heterocycles. The van der Waals surface area contributed by atoms with Crippen LogP contribution in [-0.4, -0.2) is 26.4 Å². The topological polar surface area (TPSA) is 36.9 Å². The summed E-state index contributed by atoms with van der Waals surface area (Å²) in [7, 11) is -2.50. The van der Waals surface area contributed by atoms with Crippen LogP contribution in [0.3, 0.4) is 0 Å². The molecule has 81 valence electrons. The molecule has 0 aromatic rings. The summed E-state index contributed by atoms with van der Waals surface area (Å²) in [5.74, 6) is 0. The van der Waals surface area contributed by atoms with Gasteiger partial charge in [0.05, 0.1) is 26.4 Å². The van der Waals surface area contributed by atoms with E-state index < -0.39 is 8.17 Å². The van der Waals surface area contributed by atoms with Crippen molar-refractivity contribution in [3.8, 4) is 0 Å². The summed E-state index contributed by atoms with van der Waals surface area (Å²) in [4.78, 5) is 0. The van der Waals surface area contributed by atoms with Crippen molar-refractivity contribution in [2.24, 2.45) is 0 Å². The van der Waals surface area contributed by atoms with Gasteiger partial charge in [-0.25, -0.2) is 0 Å². The van der Waals surface area contributed by atoms with Gasteiger partial charge >= 0.3 is 8.17 Å². The summed E-state index contributed by atoms with van der Waals surface area (Å²) < 4.78 is 21.6. The Morgan fingerprint density at radius 3 is 1.00 bits per heavy atom. The van der Waals surface area contributed by atoms with E-state index in [4.69, 9.17) is 18.1 Å². The van der Waals surface area contributed by atoms with Crippen molar-refractivity contribution in [3.63, 3.8) is 0 Å². The third-order valence-electron chi connectivity index (χ3n) is 1.15. The molecule has 0 aliphatic rings. The van der Waals surface area contributed by atoms with Crippen LogP contribution in [0.1, 0.15) is 27.7 Å². The van der Waals surface area contributed by atoms with Crippen LogP contribution in [-0.2, 0) is 18.1 Å². The van der Waals surface area contributed by atoms with E-state index in [0.717, 1.165) is 0 Å². The van der Waals surface area contributed by atoms with Crippen molar-refractivity contribution in [2.75, 3.05) is 26.4 Å². The van der Waals surface area contributed by atoms with Gasteiger partial charge in [0, 0.05) is 0 Å². The van der Waals surface area contributed by atoms with E-state index in [1.54, 1.807) is 0 Å². The molecule has 0 rings (SSSR count). The third-order valence-corrected chi connectivity index (χ3v) is 3.45. The first-order valence-corrected chi connectivity index (χ1v) is 6.17. The fraction of sp³-hybridized carbons (Fsp3) is 1.00. The Labute approximate surface area is 81.2 Å². The van der Waals surface area contributed by atoms with Crippen molar-refractivity contribution in [1.82, 2.24) is 0 Å². The van der Waals surface area contributed by atoms with Crippen molar-refractivity contribution < 1.29 is 18.1 Å². The maximum atomic E-state index is 5.40. The second kappa shape index (κ2) is 7.65. The van der Waals surface area contributed by atoms with Crippen LogP contribution in [0.2, 0.25) is 0 Å². The third kappa shape index (κ3) is 4.89. The van der Waals surface area contributed by atoms with Crippen molar-refractivity contribution in [2.45, 2.75) is 27.7 Å². The second-order valence-corrected chi connectivity index (χ2v) is 4.05. The quantitative estimate of drug-likeness (QED) is 0.578. The van der Waals surface area contributed by atoms with Gasteiger partial charge < -0.3 is 0 Å². The Bertz CT molecular complexity index is 91.2. The molecule has 0 aromatic heterocycles. The minimum Gasteiger partial charge on any atom is -0.299 e. The van der Waals surface area contributed by atoms with Gasteiger partial charge in [-0.1, -0.05) is 0 Å². The summed E-state index contributed by atoms with van der Waals surface area (Å²) >= 11 is 0. The summed E-state index contributed by atoms with van der Waals surface area (Å²) in [5, 5.41) is 0. The molecule has 0 amide bonds. The lowest BCUT2D eigenvalue weighted by molar-refractivity contribution is 0.0648. The average Bonchev–Trinajstić information content (AvgIpc) is 2.06. The summed E-state index contributed by atoms with van der Waals surface area (Å²) in [6.07, 6.45) is 0. The number of hydrogen-bond acceptors (Lipinski definition) is 4. The first-order chi connectivity index (χ1) is 6.24. The number of hydrogen-bond donors (Lipinski definition) is 0. The Morgan fingerprint density at radius 2 is 0.846 bits per heavy atom. The zero-order valence-corrected chi connectivity index (χ0v) is 9.80. The molecule has 0 aromatic carbocycles. The highest BCUT2D eigenvalue weighted by atomic mass is 31.2. The molecule has 0 heterocycles. The van der Waals surface area contributed by atoms with E-state index in [-0.39, 0.29) is 0 Å². The van der Waals surface area contributed by atoms with E-state index >= 15 is 0 Å².